The van der Waals surface area contributed by atoms with Gasteiger partial charge in [-0.05, 0) is 93.7 Å². The molecule has 0 spiro atoms. The number of fused-ring (bicyclic) bond motifs is 5. The lowest BCUT2D eigenvalue weighted by Gasteiger charge is -2.66. The van der Waals surface area contributed by atoms with Crippen LogP contribution in [0.1, 0.15) is 83.8 Å². The predicted octanol–water partition coefficient (Wildman–Crippen LogP) is 3.44. The fourth-order valence-corrected chi connectivity index (χ4v) is 10.5. The van der Waals surface area contributed by atoms with Gasteiger partial charge >= 0.3 is 5.97 Å². The number of esters is 1. The van der Waals surface area contributed by atoms with Gasteiger partial charge in [0.15, 0.2) is 6.29 Å². The molecule has 12 atom stereocenters. The van der Waals surface area contributed by atoms with E-state index in [-0.39, 0.29) is 41.7 Å². The van der Waals surface area contributed by atoms with Crippen molar-refractivity contribution in [3.63, 3.8) is 0 Å². The summed E-state index contributed by atoms with van der Waals surface area (Å²) in [6.45, 7) is 4.61. The summed E-state index contributed by atoms with van der Waals surface area (Å²) in [5.41, 5.74) is -2.05. The summed E-state index contributed by atoms with van der Waals surface area (Å²) in [5, 5.41) is 45.8. The Morgan fingerprint density at radius 1 is 1.09 bits per heavy atom. The topological polar surface area (TPSA) is 151 Å². The minimum absolute atomic E-state index is 0.0168. The van der Waals surface area contributed by atoms with Crippen molar-refractivity contribution in [2.24, 2.45) is 33.6 Å². The molecule has 242 valence electrons. The summed E-state index contributed by atoms with van der Waals surface area (Å²) in [4.78, 5) is 16.8. The van der Waals surface area contributed by atoms with Crippen LogP contribution in [0.3, 0.4) is 0 Å². The maximum Gasteiger partial charge on any atom is 0.331 e. The fraction of sp³-hybridized carbons (Fsp3) is 0.765. The number of aliphatic imine (C=N–C) groups is 1. The molecule has 1 aromatic rings. The van der Waals surface area contributed by atoms with Crippen LogP contribution in [-0.2, 0) is 25.5 Å². The number of aliphatic hydroxyl groups excluding tert-OH is 2. The third-order valence-corrected chi connectivity index (χ3v) is 12.8. The molecule has 1 aromatic heterocycles. The Bertz CT molecular complexity index is 1290. The number of rotatable bonds is 6. The predicted molar refractivity (Wildman–Crippen MR) is 158 cm³/mol. The van der Waals surface area contributed by atoms with Crippen molar-refractivity contribution < 1.29 is 43.8 Å². The first-order valence-electron chi connectivity index (χ1n) is 16.5. The average molecular weight is 614 g/mol. The quantitative estimate of drug-likeness (QED) is 0.215. The molecule has 4 N–H and O–H groups in total. The highest BCUT2D eigenvalue weighted by atomic mass is 16.7. The molecule has 10 nitrogen and oxygen atoms in total. The van der Waals surface area contributed by atoms with E-state index in [9.17, 15) is 25.2 Å². The summed E-state index contributed by atoms with van der Waals surface area (Å²) in [6.07, 6.45) is 8.14. The summed E-state index contributed by atoms with van der Waals surface area (Å²) < 4.78 is 23.0. The van der Waals surface area contributed by atoms with Crippen LogP contribution in [0.2, 0.25) is 0 Å². The van der Waals surface area contributed by atoms with Crippen LogP contribution >= 0.6 is 0 Å². The van der Waals surface area contributed by atoms with Crippen molar-refractivity contribution >= 4 is 12.2 Å². The van der Waals surface area contributed by atoms with Crippen LogP contribution < -0.4 is 0 Å². The smallest absolute Gasteiger partial charge is 0.331 e. The van der Waals surface area contributed by atoms with E-state index in [1.165, 1.54) is 0 Å². The van der Waals surface area contributed by atoms with Crippen LogP contribution in [0.25, 0.3) is 0 Å². The maximum atomic E-state index is 12.7. The van der Waals surface area contributed by atoms with Gasteiger partial charge in [0.05, 0.1) is 42.3 Å². The number of nitrogens with zero attached hydrogens (tertiary/aromatic N) is 1. The van der Waals surface area contributed by atoms with Crippen molar-refractivity contribution in [2.45, 2.75) is 127 Å². The molecule has 0 amide bonds. The monoisotopic (exact) mass is 613 g/mol. The number of aliphatic hydroxyl groups is 4. The van der Waals surface area contributed by atoms with Gasteiger partial charge in [-0.15, -0.1) is 0 Å². The summed E-state index contributed by atoms with van der Waals surface area (Å²) in [6, 6.07) is 3.74. The van der Waals surface area contributed by atoms with Crippen LogP contribution in [0.4, 0.5) is 0 Å². The standard InChI is InChI=1S/C34H47NO9/c1-20-30(38)27(36)15-29(43-20)44-22-5-10-32(19-35-17-23-4-3-13-41-23)25-6-9-31(2)24(21-14-28(37)42-18-21)8-12-34(31,40)26(25)7-11-33(32,39)16-22/h3-4,13-14,19-20,22,24-27,29-30,36,38-40H,5-12,15-18H2,1-2H3/t20?,22?,24-,25-,26?,27?,29?,30?,31?,32-,33?,34?/m0/s1. The highest BCUT2D eigenvalue weighted by molar-refractivity contribution is 5.85. The first kappa shape index (κ1) is 30.6. The van der Waals surface area contributed by atoms with E-state index in [4.69, 9.17) is 23.6 Å². The highest BCUT2D eigenvalue weighted by Crippen LogP contribution is 2.70. The first-order chi connectivity index (χ1) is 21.0. The SMILES string of the molecule is CC1OC(OC2CC[C@]3(C=NCc4ccco4)[C@H]4CCC5(C)[C@H](C6=CC(=O)OC6)CCC5(O)C4CCC3(O)C2)CC(O)C1O. The van der Waals surface area contributed by atoms with E-state index in [2.05, 4.69) is 6.92 Å². The van der Waals surface area contributed by atoms with Gasteiger partial charge in [0.2, 0.25) is 0 Å². The van der Waals surface area contributed by atoms with Crippen LogP contribution in [0.15, 0.2) is 39.5 Å². The molecule has 2 aliphatic heterocycles. The molecule has 4 saturated carbocycles. The number of hydrogen-bond donors (Lipinski definition) is 4. The van der Waals surface area contributed by atoms with Gasteiger partial charge in [-0.25, -0.2) is 4.79 Å². The molecule has 5 fully saturated rings. The number of cyclic esters (lactones) is 1. The van der Waals surface area contributed by atoms with Gasteiger partial charge in [-0.3, -0.25) is 4.99 Å². The number of furan rings is 1. The lowest BCUT2D eigenvalue weighted by Crippen LogP contribution is -2.69. The zero-order valence-corrected chi connectivity index (χ0v) is 25.8. The lowest BCUT2D eigenvalue weighted by atomic mass is 9.41. The van der Waals surface area contributed by atoms with E-state index < -0.39 is 41.2 Å². The molecule has 0 bridgehead atoms. The third kappa shape index (κ3) is 4.66. The van der Waals surface area contributed by atoms with Gasteiger partial charge in [0, 0.05) is 36.0 Å². The van der Waals surface area contributed by atoms with Gasteiger partial charge in [0.25, 0.3) is 0 Å². The Morgan fingerprint density at radius 3 is 2.64 bits per heavy atom. The molecule has 4 aliphatic carbocycles. The van der Waals surface area contributed by atoms with E-state index in [0.29, 0.717) is 51.7 Å². The summed E-state index contributed by atoms with van der Waals surface area (Å²) in [7, 11) is 0. The Kier molecular flexibility index (Phi) is 7.66. The number of carbonyl (C=O) groups excluding carboxylic acids is 1. The molecule has 3 heterocycles. The second kappa shape index (κ2) is 11.0. The Morgan fingerprint density at radius 2 is 1.91 bits per heavy atom. The number of hydrogen-bond acceptors (Lipinski definition) is 10. The van der Waals surface area contributed by atoms with Crippen molar-refractivity contribution in [3.8, 4) is 0 Å². The summed E-state index contributed by atoms with van der Waals surface area (Å²) in [5.74, 6) is 0.569. The summed E-state index contributed by atoms with van der Waals surface area (Å²) >= 11 is 0. The van der Waals surface area contributed by atoms with Gasteiger partial charge in [-0.2, -0.15) is 0 Å². The van der Waals surface area contributed by atoms with E-state index >= 15 is 0 Å². The maximum absolute atomic E-state index is 12.7. The van der Waals surface area contributed by atoms with Gasteiger partial charge < -0.3 is 39.1 Å². The molecule has 10 heteroatoms. The highest BCUT2D eigenvalue weighted by Gasteiger charge is 2.71. The van der Waals surface area contributed by atoms with Crippen molar-refractivity contribution in [1.29, 1.82) is 0 Å². The third-order valence-electron chi connectivity index (χ3n) is 12.8. The molecule has 1 saturated heterocycles. The fourth-order valence-electron chi connectivity index (χ4n) is 10.5. The average Bonchev–Trinajstić information content (AvgIpc) is 3.71. The van der Waals surface area contributed by atoms with Gasteiger partial charge in [0.1, 0.15) is 18.5 Å². The van der Waals surface area contributed by atoms with Crippen molar-refractivity contribution in [1.82, 2.24) is 0 Å². The second-order valence-electron chi connectivity index (χ2n) is 14.7. The largest absolute Gasteiger partial charge is 0.467 e. The Hall–Kier alpha value is -2.08. The first-order valence-corrected chi connectivity index (χ1v) is 16.5. The van der Waals surface area contributed by atoms with E-state index in [0.717, 1.165) is 30.6 Å². The Balaban J connectivity index is 1.17. The lowest BCUT2D eigenvalue weighted by molar-refractivity contribution is -0.282. The molecule has 7 rings (SSSR count). The minimum atomic E-state index is -1.10. The number of ether oxygens (including phenoxy) is 3. The number of carbonyl (C=O) groups is 1. The van der Waals surface area contributed by atoms with E-state index in [1.54, 1.807) is 19.3 Å². The van der Waals surface area contributed by atoms with Crippen LogP contribution in [0.5, 0.6) is 0 Å². The zero-order chi connectivity index (χ0) is 30.9. The second-order valence-corrected chi connectivity index (χ2v) is 14.7. The Labute approximate surface area is 258 Å². The van der Waals surface area contributed by atoms with E-state index in [1.807, 2.05) is 18.3 Å². The molecular weight excluding hydrogens is 566 g/mol. The normalized spacial score (nSPS) is 48.9. The molecule has 9 unspecified atom stereocenters. The van der Waals surface area contributed by atoms with Crippen LogP contribution in [0, 0.1) is 28.6 Å². The molecule has 0 radical (unpaired) electrons. The van der Waals surface area contributed by atoms with Crippen LogP contribution in [-0.4, -0.2) is 81.1 Å². The van der Waals surface area contributed by atoms with Crippen molar-refractivity contribution in [2.75, 3.05) is 6.61 Å². The molecule has 44 heavy (non-hydrogen) atoms. The zero-order valence-electron chi connectivity index (χ0n) is 25.8. The molecule has 0 aromatic carbocycles. The molecular formula is C34H47NO9. The molecule has 6 aliphatic rings. The van der Waals surface area contributed by atoms with Gasteiger partial charge in [-0.1, -0.05) is 6.92 Å². The minimum Gasteiger partial charge on any atom is -0.467 e. The van der Waals surface area contributed by atoms with Crippen molar-refractivity contribution in [3.05, 3.63) is 35.8 Å².